The zero-order valence-corrected chi connectivity index (χ0v) is 57.9. The van der Waals surface area contributed by atoms with Gasteiger partial charge in [0, 0.05) is 56.2 Å². The van der Waals surface area contributed by atoms with Crippen LogP contribution in [0.15, 0.2) is 92.6 Å². The van der Waals surface area contributed by atoms with E-state index in [1.165, 1.54) is 85.3 Å². The number of aryl methyl sites for hydroxylation is 1. The summed E-state index contributed by atoms with van der Waals surface area (Å²) in [5, 5.41) is 38.1. The van der Waals surface area contributed by atoms with Gasteiger partial charge < -0.3 is 41.7 Å². The zero-order chi connectivity index (χ0) is 65.7. The van der Waals surface area contributed by atoms with E-state index in [1.54, 1.807) is 103 Å². The van der Waals surface area contributed by atoms with E-state index >= 15 is 0 Å². The Hall–Kier alpha value is -7.79. The van der Waals surface area contributed by atoms with Crippen molar-refractivity contribution in [1.82, 2.24) is 71.8 Å². The number of aromatic nitrogens is 8. The summed E-state index contributed by atoms with van der Waals surface area (Å²) in [6, 6.07) is 17.3. The molecule has 0 fully saturated rings. The first-order chi connectivity index (χ1) is 44.6. The van der Waals surface area contributed by atoms with Crippen LogP contribution in [0.1, 0.15) is 144 Å². The molecular weight excluding hydrogens is 1360 g/mol. The number of pyridine rings is 1. The molecule has 32 heteroatoms. The molecule has 4 unspecified atom stereocenters. The van der Waals surface area contributed by atoms with Gasteiger partial charge >= 0.3 is 5.97 Å². The highest BCUT2D eigenvalue weighted by Gasteiger charge is 2.33. The lowest BCUT2D eigenvalue weighted by molar-refractivity contribution is -0.154. The number of amides is 6. The van der Waals surface area contributed by atoms with Gasteiger partial charge in [-0.25, -0.2) is 39.9 Å². The first-order valence-electron chi connectivity index (χ1n) is 28.7. The van der Waals surface area contributed by atoms with E-state index in [2.05, 4.69) is 36.9 Å². The Balaban J connectivity index is 0.950. The average Bonchev–Trinajstić information content (AvgIpc) is 1.72. The van der Waals surface area contributed by atoms with Crippen molar-refractivity contribution in [2.24, 2.45) is 5.92 Å². The Labute approximate surface area is 568 Å². The summed E-state index contributed by atoms with van der Waals surface area (Å²) in [7, 11) is 4.39. The van der Waals surface area contributed by atoms with E-state index in [-0.39, 0.29) is 53.1 Å². The Morgan fingerprint density at radius 3 is 2.18 bits per heavy atom. The lowest BCUT2D eigenvalue weighted by Gasteiger charge is -2.23. The van der Waals surface area contributed by atoms with Crippen LogP contribution in [-0.2, 0) is 24.9 Å². The molecular formula is C61H58N14O9S9. The van der Waals surface area contributed by atoms with Crippen LogP contribution in [0.25, 0.3) is 53.6 Å². The average molecular weight is 1420 g/mol. The second-order valence-electron chi connectivity index (χ2n) is 22.1. The molecule has 4 atom stereocenters. The van der Waals surface area contributed by atoms with Crippen molar-refractivity contribution >= 4 is 153 Å². The molecule has 23 nitrogen and oxygen atoms in total. The van der Waals surface area contributed by atoms with E-state index < -0.39 is 77.8 Å². The smallest absolute Gasteiger partial charge is 0.308 e. The first kappa shape index (κ1) is 66.7. The van der Waals surface area contributed by atoms with Crippen LogP contribution >= 0.6 is 101 Å². The number of rotatable bonds is 14. The highest BCUT2D eigenvalue weighted by Crippen LogP contribution is 2.43. The molecule has 2 aromatic carbocycles. The fourth-order valence-corrected chi connectivity index (χ4v) is 18.7. The molecule has 93 heavy (non-hydrogen) atoms. The number of esters is 1. The minimum Gasteiger partial charge on any atom is -0.460 e. The number of nitrogens with one attached hydrogen (secondary N) is 6. The molecule has 10 bridgehead atoms. The summed E-state index contributed by atoms with van der Waals surface area (Å²) in [6.07, 6.45) is -1.56. The minimum absolute atomic E-state index is 0.0158. The molecule has 0 spiro atoms. The van der Waals surface area contributed by atoms with E-state index in [0.29, 0.717) is 74.4 Å². The maximum atomic E-state index is 14.5. The number of benzene rings is 2. The molecule has 11 rings (SSSR count). The SMILES string of the molecule is CNC(=O)CC1NC(=O)c2csc(n2)-c2ccc(-c3nc(C(=O)NCCC(=O)OC(C)(C)C)cs3)nc2-c2csc(n2)-c2csc(n2)C(C(O)c2ccccc2)NC(=O)CNC(=O)c2nc(sc2CSSc2nc3ccccc3s2)C(C(C)C)NC(=O)c2nc1sc2C. The van der Waals surface area contributed by atoms with E-state index in [1.807, 2.05) is 38.1 Å². The van der Waals surface area contributed by atoms with E-state index in [4.69, 9.17) is 39.6 Å². The van der Waals surface area contributed by atoms with Gasteiger partial charge in [0.15, 0.2) is 4.34 Å². The maximum absolute atomic E-state index is 14.5. The number of carbonyl (C=O) groups excluding carboxylic acids is 7. The number of carbonyl (C=O) groups is 7. The van der Waals surface area contributed by atoms with Gasteiger partial charge in [-0.1, -0.05) is 67.1 Å². The quantitative estimate of drug-likeness (QED) is 0.0393. The normalized spacial score (nSPS) is 16.0. The summed E-state index contributed by atoms with van der Waals surface area (Å²) in [5.41, 5.74) is 2.95. The molecule has 0 aliphatic carbocycles. The van der Waals surface area contributed by atoms with Crippen LogP contribution in [0.4, 0.5) is 0 Å². The van der Waals surface area contributed by atoms with Crippen LogP contribution in [0, 0.1) is 12.8 Å². The van der Waals surface area contributed by atoms with Crippen LogP contribution in [0.5, 0.6) is 0 Å². The lowest BCUT2D eigenvalue weighted by atomic mass is 10.0. The standard InChI is InChI=1S/C61H58N14O9S9/c1-28(2)44-59-75-47(40(91-59)27-89-93-60-71-32-15-11-12-16-39(32)92-60)52(82)64-22-42(77)72-48(49(79)30-13-9-8-10-14-30)58-70-38(26-88-58)56-67-35(23-86-56)46-31(17-18-33(65-46)55-69-36(24-87-55)50(80)63-20-19-43(78)84-61(4,5)6)54-68-37(25-85-54)51(81)66-34(21-41(76)62-7)57-74-45(29(3)90-57)53(83)73-44/h8-18,23-26,28,34,44,48-49,79H,19-22,27H2,1-7H3,(H,62,76)(H,63,80)(H,64,82)(H,66,81)(H,72,77)(H,73,83). The summed E-state index contributed by atoms with van der Waals surface area (Å²) < 4.78 is 7.23. The van der Waals surface area contributed by atoms with Crippen molar-refractivity contribution in [2.75, 3.05) is 20.1 Å². The lowest BCUT2D eigenvalue weighted by Crippen LogP contribution is -2.40. The molecule has 9 heterocycles. The number of aliphatic hydroxyl groups is 1. The molecule has 1 aliphatic heterocycles. The van der Waals surface area contributed by atoms with Gasteiger partial charge in [-0.05, 0) is 74.2 Å². The third-order valence-corrected chi connectivity index (χ3v) is 23.4. The fourth-order valence-electron chi connectivity index (χ4n) is 9.34. The number of ether oxygens (including phenoxy) is 1. The predicted octanol–water partition coefficient (Wildman–Crippen LogP) is 11.2. The second kappa shape index (κ2) is 29.2. The van der Waals surface area contributed by atoms with Crippen molar-refractivity contribution in [3.63, 3.8) is 0 Å². The predicted molar refractivity (Wildman–Crippen MR) is 366 cm³/mol. The Morgan fingerprint density at radius 1 is 0.688 bits per heavy atom. The van der Waals surface area contributed by atoms with Gasteiger partial charge in [-0.3, -0.25) is 33.6 Å². The minimum atomic E-state index is -1.29. The van der Waals surface area contributed by atoms with E-state index in [9.17, 15) is 38.7 Å². The van der Waals surface area contributed by atoms with Crippen LogP contribution in [-0.4, -0.2) is 112 Å². The van der Waals surface area contributed by atoms with Gasteiger partial charge in [0.25, 0.3) is 23.6 Å². The largest absolute Gasteiger partial charge is 0.460 e. The molecule has 8 aromatic heterocycles. The number of nitrogens with zero attached hydrogens (tertiary/aromatic N) is 8. The number of hydrogen-bond acceptors (Lipinski definition) is 26. The van der Waals surface area contributed by atoms with Gasteiger partial charge in [-0.2, -0.15) is 0 Å². The molecule has 0 saturated heterocycles. The number of fused-ring (bicyclic) bond motifs is 15. The van der Waals surface area contributed by atoms with Crippen LogP contribution in [0.3, 0.4) is 0 Å². The number of para-hydroxylation sites is 1. The van der Waals surface area contributed by atoms with E-state index in [0.717, 1.165) is 25.9 Å². The summed E-state index contributed by atoms with van der Waals surface area (Å²) >= 11 is 8.74. The monoisotopic (exact) mass is 1420 g/mol. The molecule has 1 aliphatic rings. The van der Waals surface area contributed by atoms with Crippen LogP contribution < -0.4 is 31.9 Å². The third-order valence-electron chi connectivity index (χ3n) is 13.8. The summed E-state index contributed by atoms with van der Waals surface area (Å²) in [5.74, 6) is -3.77. The van der Waals surface area contributed by atoms with Crippen molar-refractivity contribution < 1.29 is 43.4 Å². The molecule has 10 aromatic rings. The molecule has 7 N–H and O–H groups in total. The number of hydrogen-bond donors (Lipinski definition) is 7. The highest BCUT2D eigenvalue weighted by molar-refractivity contribution is 8.76. The van der Waals surface area contributed by atoms with Crippen LogP contribution in [0.2, 0.25) is 0 Å². The molecule has 0 saturated carbocycles. The summed E-state index contributed by atoms with van der Waals surface area (Å²) in [6.45, 7) is 10.3. The van der Waals surface area contributed by atoms with Gasteiger partial charge in [0.05, 0.1) is 47.4 Å². The van der Waals surface area contributed by atoms with Crippen molar-refractivity contribution in [3.8, 4) is 43.4 Å². The van der Waals surface area contributed by atoms with Crippen molar-refractivity contribution in [1.29, 1.82) is 0 Å². The fraction of sp³-hybridized carbons (Fsp3) is 0.295. The van der Waals surface area contributed by atoms with Crippen molar-refractivity contribution in [3.05, 3.63) is 141 Å². The molecule has 6 amide bonds. The Bertz CT molecular complexity index is 4400. The first-order valence-corrected chi connectivity index (χ1v) is 37.0. The summed E-state index contributed by atoms with van der Waals surface area (Å²) in [4.78, 5) is 136. The third kappa shape index (κ3) is 16.1. The Kier molecular flexibility index (Phi) is 21.0. The second-order valence-corrected chi connectivity index (χ2v) is 31.5. The van der Waals surface area contributed by atoms with Gasteiger partial charge in [-0.15, -0.1) is 79.4 Å². The van der Waals surface area contributed by atoms with Gasteiger partial charge in [0.1, 0.15) is 87.7 Å². The highest BCUT2D eigenvalue weighted by atomic mass is 33.1. The van der Waals surface area contributed by atoms with Gasteiger partial charge in [0.2, 0.25) is 11.8 Å². The number of thiazole rings is 7. The maximum Gasteiger partial charge on any atom is 0.308 e. The zero-order valence-electron chi connectivity index (χ0n) is 50.5. The Morgan fingerprint density at radius 2 is 1.41 bits per heavy atom. The topological polar surface area (TPSA) is 324 Å². The van der Waals surface area contributed by atoms with Crippen molar-refractivity contribution in [2.45, 2.75) is 94.3 Å². The molecule has 0 radical (unpaired) electrons. The number of aliphatic hydroxyl groups excluding tert-OH is 1. The molecule has 480 valence electrons.